The molecule has 0 bridgehead atoms. The average Bonchev–Trinajstić information content (AvgIpc) is 3.31. The molecule has 0 aliphatic carbocycles. The highest BCUT2D eigenvalue weighted by Crippen LogP contribution is 2.26. The van der Waals surface area contributed by atoms with Crippen molar-refractivity contribution in [3.63, 3.8) is 0 Å². The highest BCUT2D eigenvalue weighted by atomic mass is 16.2. The second kappa shape index (κ2) is 10.6. The van der Waals surface area contributed by atoms with E-state index in [4.69, 9.17) is 0 Å². The lowest BCUT2D eigenvalue weighted by Gasteiger charge is -2.40. The summed E-state index contributed by atoms with van der Waals surface area (Å²) in [6.45, 7) is 10.9. The molecule has 188 valence electrons. The molecule has 1 aromatic heterocycles. The van der Waals surface area contributed by atoms with Crippen LogP contribution in [0.25, 0.3) is 0 Å². The van der Waals surface area contributed by atoms with Gasteiger partial charge in [0.05, 0.1) is 6.54 Å². The van der Waals surface area contributed by atoms with Gasteiger partial charge in [-0.3, -0.25) is 24.0 Å². The Hall–Kier alpha value is -3.24. The van der Waals surface area contributed by atoms with E-state index in [9.17, 15) is 14.4 Å². The van der Waals surface area contributed by atoms with Crippen LogP contribution in [-0.2, 0) is 17.9 Å². The fraction of sp³-hybridized carbons (Fsp3) is 0.520. The van der Waals surface area contributed by atoms with E-state index in [1.54, 1.807) is 14.0 Å². The van der Waals surface area contributed by atoms with Crippen LogP contribution in [0.3, 0.4) is 0 Å². The van der Waals surface area contributed by atoms with Crippen molar-refractivity contribution in [1.29, 1.82) is 0 Å². The largest absolute Gasteiger partial charge is 0.350 e. The molecule has 0 radical (unpaired) electrons. The lowest BCUT2D eigenvalue weighted by atomic mass is 9.96. The molecule has 1 atom stereocenters. The van der Waals surface area contributed by atoms with E-state index < -0.39 is 5.54 Å². The van der Waals surface area contributed by atoms with E-state index in [-0.39, 0.29) is 30.0 Å². The molecule has 10 heteroatoms. The minimum atomic E-state index is -1.13. The maximum atomic E-state index is 13.1. The van der Waals surface area contributed by atoms with Gasteiger partial charge in [0.25, 0.3) is 11.8 Å². The van der Waals surface area contributed by atoms with Crippen LogP contribution >= 0.6 is 0 Å². The third-order valence-corrected chi connectivity index (χ3v) is 7.15. The van der Waals surface area contributed by atoms with E-state index in [1.165, 1.54) is 15.6 Å². The van der Waals surface area contributed by atoms with Crippen LogP contribution in [0.4, 0.5) is 0 Å². The van der Waals surface area contributed by atoms with Gasteiger partial charge < -0.3 is 20.4 Å². The lowest BCUT2D eigenvalue weighted by Crippen LogP contribution is -2.62. The van der Waals surface area contributed by atoms with Gasteiger partial charge in [-0.15, -0.1) is 0 Å². The molecule has 2 aliphatic heterocycles. The summed E-state index contributed by atoms with van der Waals surface area (Å²) in [6, 6.07) is 11.1. The zero-order valence-corrected chi connectivity index (χ0v) is 20.8. The molecule has 1 fully saturated rings. The minimum Gasteiger partial charge on any atom is -0.350 e. The van der Waals surface area contributed by atoms with Crippen LogP contribution in [0, 0.1) is 0 Å². The number of nitrogens with zero attached hydrogens (tertiary/aromatic N) is 5. The van der Waals surface area contributed by atoms with Gasteiger partial charge in [-0.25, -0.2) is 0 Å². The standard InChI is InChI=1S/C25H35N7O3/c1-4-30-12-14-31(15-13-30)11-10-26-22(33)20-16-21-23(34)29(3)25(2,18-32(21)28-20)24(35)27-17-19-8-6-5-7-9-19/h5-9,16H,4,10-15,17-18H2,1-3H3,(H,26,33)(H,27,35)/t25-/m0/s1. The van der Waals surface area contributed by atoms with Crippen molar-refractivity contribution in [3.05, 3.63) is 53.3 Å². The Kier molecular flexibility index (Phi) is 7.51. The fourth-order valence-electron chi connectivity index (χ4n) is 4.55. The summed E-state index contributed by atoms with van der Waals surface area (Å²) in [4.78, 5) is 45.1. The van der Waals surface area contributed by atoms with Gasteiger partial charge in [-0.05, 0) is 19.0 Å². The Balaban J connectivity index is 1.36. The van der Waals surface area contributed by atoms with E-state index >= 15 is 0 Å². The highest BCUT2D eigenvalue weighted by Gasteiger charge is 2.46. The van der Waals surface area contributed by atoms with Crippen molar-refractivity contribution in [2.75, 3.05) is 52.9 Å². The van der Waals surface area contributed by atoms with E-state index in [0.717, 1.165) is 44.8 Å². The molecule has 2 aliphatic rings. The monoisotopic (exact) mass is 481 g/mol. The summed E-state index contributed by atoms with van der Waals surface area (Å²) >= 11 is 0. The Bertz CT molecular complexity index is 1060. The first-order valence-corrected chi connectivity index (χ1v) is 12.2. The van der Waals surface area contributed by atoms with Gasteiger partial charge >= 0.3 is 0 Å². The smallest absolute Gasteiger partial charge is 0.272 e. The fourth-order valence-corrected chi connectivity index (χ4v) is 4.55. The van der Waals surface area contributed by atoms with Crippen LogP contribution in [0.5, 0.6) is 0 Å². The van der Waals surface area contributed by atoms with Crippen molar-refractivity contribution < 1.29 is 14.4 Å². The SMILES string of the molecule is CCN1CCN(CCNC(=O)c2cc3n(n2)C[C@@](C)(C(=O)NCc2ccccc2)N(C)C3=O)CC1. The number of piperazine rings is 1. The zero-order valence-electron chi connectivity index (χ0n) is 20.8. The number of carbonyl (C=O) groups is 3. The number of carbonyl (C=O) groups excluding carboxylic acids is 3. The quantitative estimate of drug-likeness (QED) is 0.566. The van der Waals surface area contributed by atoms with Gasteiger partial charge in [-0.1, -0.05) is 37.3 Å². The number of hydrogen-bond donors (Lipinski definition) is 2. The predicted molar refractivity (Wildman–Crippen MR) is 132 cm³/mol. The lowest BCUT2D eigenvalue weighted by molar-refractivity contribution is -0.132. The van der Waals surface area contributed by atoms with Gasteiger partial charge in [0.15, 0.2) is 5.69 Å². The second-order valence-corrected chi connectivity index (χ2v) is 9.41. The summed E-state index contributed by atoms with van der Waals surface area (Å²) in [5, 5.41) is 10.2. The highest BCUT2D eigenvalue weighted by molar-refractivity contribution is 6.01. The molecule has 0 saturated carbocycles. The van der Waals surface area contributed by atoms with Crippen LogP contribution < -0.4 is 10.6 Å². The number of aromatic nitrogens is 2. The summed E-state index contributed by atoms with van der Waals surface area (Å²) in [5.41, 5.74) is 0.340. The summed E-state index contributed by atoms with van der Waals surface area (Å²) < 4.78 is 1.48. The minimum absolute atomic E-state index is 0.167. The first-order valence-electron chi connectivity index (χ1n) is 12.2. The molecule has 10 nitrogen and oxygen atoms in total. The van der Waals surface area contributed by atoms with E-state index in [1.807, 2.05) is 30.3 Å². The maximum Gasteiger partial charge on any atom is 0.272 e. The number of hydrogen-bond acceptors (Lipinski definition) is 6. The third kappa shape index (κ3) is 5.38. The zero-order chi connectivity index (χ0) is 25.0. The first-order chi connectivity index (χ1) is 16.8. The molecular weight excluding hydrogens is 446 g/mol. The molecule has 2 N–H and O–H groups in total. The number of rotatable bonds is 8. The van der Waals surface area contributed by atoms with Gasteiger partial charge in [-0.2, -0.15) is 5.10 Å². The Morgan fingerprint density at radius 2 is 1.74 bits per heavy atom. The number of amides is 3. The molecule has 3 amide bonds. The summed E-state index contributed by atoms with van der Waals surface area (Å²) in [6.07, 6.45) is 0. The summed E-state index contributed by atoms with van der Waals surface area (Å²) in [5.74, 6) is -0.925. The molecule has 2 aromatic rings. The first kappa shape index (κ1) is 24.9. The molecule has 3 heterocycles. The Morgan fingerprint density at radius 3 is 2.43 bits per heavy atom. The van der Waals surface area contributed by atoms with Crippen LogP contribution in [-0.4, -0.2) is 101 Å². The van der Waals surface area contributed by atoms with Crippen molar-refractivity contribution in [1.82, 2.24) is 35.1 Å². The molecule has 1 saturated heterocycles. The molecule has 35 heavy (non-hydrogen) atoms. The Morgan fingerprint density at radius 1 is 1.06 bits per heavy atom. The average molecular weight is 482 g/mol. The van der Waals surface area contributed by atoms with Gasteiger partial charge in [0, 0.05) is 58.9 Å². The molecule has 1 aromatic carbocycles. The number of nitrogens with one attached hydrogen (secondary N) is 2. The van der Waals surface area contributed by atoms with Crippen molar-refractivity contribution in [2.24, 2.45) is 0 Å². The molecule has 0 unspecified atom stereocenters. The number of fused-ring (bicyclic) bond motifs is 1. The number of benzene rings is 1. The van der Waals surface area contributed by atoms with Gasteiger partial charge in [0.2, 0.25) is 5.91 Å². The molecule has 4 rings (SSSR count). The number of likely N-dealkylation sites (N-methyl/N-ethyl adjacent to an activating group) is 2. The van der Waals surface area contributed by atoms with Crippen molar-refractivity contribution >= 4 is 17.7 Å². The van der Waals surface area contributed by atoms with Crippen molar-refractivity contribution in [2.45, 2.75) is 32.5 Å². The second-order valence-electron chi connectivity index (χ2n) is 9.41. The predicted octanol–water partition coefficient (Wildman–Crippen LogP) is 0.411. The van der Waals surface area contributed by atoms with Crippen LogP contribution in [0.2, 0.25) is 0 Å². The third-order valence-electron chi connectivity index (χ3n) is 7.15. The van der Waals surface area contributed by atoms with Crippen molar-refractivity contribution in [3.8, 4) is 0 Å². The van der Waals surface area contributed by atoms with E-state index in [0.29, 0.717) is 18.8 Å². The van der Waals surface area contributed by atoms with E-state index in [2.05, 4.69) is 32.5 Å². The molecular formula is C25H35N7O3. The topological polar surface area (TPSA) is 103 Å². The van der Waals surface area contributed by atoms with Crippen LogP contribution in [0.15, 0.2) is 36.4 Å². The normalized spacial score (nSPS) is 21.0. The summed E-state index contributed by atoms with van der Waals surface area (Å²) in [7, 11) is 1.61. The van der Waals surface area contributed by atoms with Gasteiger partial charge in [0.1, 0.15) is 11.2 Å². The Labute approximate surface area is 206 Å². The van der Waals surface area contributed by atoms with Crippen LogP contribution in [0.1, 0.15) is 40.4 Å². The maximum absolute atomic E-state index is 13.1. The molecule has 0 spiro atoms.